The summed E-state index contributed by atoms with van der Waals surface area (Å²) >= 11 is 0. The number of allylic oxidation sites excluding steroid dienone is 1. The number of hydrogen-bond donors (Lipinski definition) is 3. The van der Waals surface area contributed by atoms with Crippen LogP contribution in [0.2, 0.25) is 0 Å². The first-order valence-electron chi connectivity index (χ1n) is 18.7. The van der Waals surface area contributed by atoms with Crippen LogP contribution in [-0.2, 0) is 16.6 Å². The molecule has 2 fully saturated rings. The normalized spacial score (nSPS) is 28.2. The molecule has 4 N–H and O–H groups in total. The van der Waals surface area contributed by atoms with Gasteiger partial charge in [0.15, 0.2) is 18.2 Å². The van der Waals surface area contributed by atoms with E-state index in [1.54, 1.807) is 6.07 Å². The molecule has 2 aromatic carbocycles. The summed E-state index contributed by atoms with van der Waals surface area (Å²) in [7, 11) is 0. The predicted molar refractivity (Wildman–Crippen MR) is 192 cm³/mol. The van der Waals surface area contributed by atoms with Gasteiger partial charge in [0, 0.05) is 54.4 Å². The van der Waals surface area contributed by atoms with E-state index in [0.29, 0.717) is 49.3 Å². The molecule has 0 aromatic heterocycles. The predicted octanol–water partition coefficient (Wildman–Crippen LogP) is 7.15. The average molecular weight is 663 g/mol. The summed E-state index contributed by atoms with van der Waals surface area (Å²) in [4.78, 5) is 24.7. The summed E-state index contributed by atoms with van der Waals surface area (Å²) in [5, 5.41) is 20.8. The van der Waals surface area contributed by atoms with Crippen molar-refractivity contribution in [1.29, 1.82) is 0 Å². The Morgan fingerprint density at radius 3 is 2.96 bits per heavy atom. The third kappa shape index (κ3) is 5.65. The zero-order valence-corrected chi connectivity index (χ0v) is 28.7. The topological polar surface area (TPSA) is 121 Å². The van der Waals surface area contributed by atoms with Crippen LogP contribution in [0.4, 0.5) is 0 Å². The summed E-state index contributed by atoms with van der Waals surface area (Å²) in [6.07, 6.45) is 15.4. The number of aliphatic hydroxyl groups excluding tert-OH is 1. The van der Waals surface area contributed by atoms with Crippen molar-refractivity contribution in [2.24, 2.45) is 27.6 Å². The molecule has 8 nitrogen and oxygen atoms in total. The van der Waals surface area contributed by atoms with Crippen LogP contribution in [0.5, 0.6) is 11.5 Å². The molecule has 3 aliphatic carbocycles. The second kappa shape index (κ2) is 13.2. The molecule has 0 amide bonds. The number of phenols is 1. The first kappa shape index (κ1) is 32.5. The second-order valence-electron chi connectivity index (χ2n) is 15.3. The molecule has 6 atom stereocenters. The number of carbonyl (C=O) groups excluding carboxylic acids is 1. The number of benzene rings is 2. The number of aliphatic imine (C=N–C) groups is 2. The number of aliphatic hydroxyl groups is 1. The molecule has 0 bridgehead atoms. The second-order valence-corrected chi connectivity index (χ2v) is 15.3. The fraction of sp³-hybridized carbons (Fsp3) is 0.537. The first-order valence-corrected chi connectivity index (χ1v) is 18.7. The van der Waals surface area contributed by atoms with Crippen LogP contribution < -0.4 is 10.5 Å². The minimum absolute atomic E-state index is 0.0626. The largest absolute Gasteiger partial charge is 0.504 e. The average Bonchev–Trinajstić information content (AvgIpc) is 3.82. The lowest BCUT2D eigenvalue weighted by atomic mass is 9.50. The Labute approximate surface area is 289 Å². The number of nitrogens with zero attached hydrogens (tertiary/aromatic N) is 3. The van der Waals surface area contributed by atoms with Gasteiger partial charge in [0.1, 0.15) is 11.9 Å². The molecule has 3 aliphatic heterocycles. The molecule has 258 valence electrons. The summed E-state index contributed by atoms with van der Waals surface area (Å²) in [6.45, 7) is 3.13. The number of ketones is 1. The van der Waals surface area contributed by atoms with Crippen LogP contribution in [0, 0.1) is 11.8 Å². The fourth-order valence-corrected chi connectivity index (χ4v) is 10.3. The van der Waals surface area contributed by atoms with Gasteiger partial charge in [0.2, 0.25) is 0 Å². The van der Waals surface area contributed by atoms with Gasteiger partial charge in [-0.3, -0.25) is 14.8 Å². The number of carbonyl (C=O) groups is 1. The van der Waals surface area contributed by atoms with Crippen LogP contribution in [0.25, 0.3) is 0 Å². The lowest BCUT2D eigenvalue weighted by Gasteiger charge is -2.54. The minimum Gasteiger partial charge on any atom is -0.504 e. The smallest absolute Gasteiger partial charge is 0.163 e. The summed E-state index contributed by atoms with van der Waals surface area (Å²) in [6, 6.07) is 12.1. The molecule has 2 aromatic rings. The third-order valence-electron chi connectivity index (χ3n) is 12.4. The molecule has 8 heteroatoms. The van der Waals surface area contributed by atoms with E-state index in [2.05, 4.69) is 42.4 Å². The maximum atomic E-state index is 12.5. The van der Waals surface area contributed by atoms with Crippen molar-refractivity contribution in [2.45, 2.75) is 114 Å². The molecule has 2 saturated carbocycles. The van der Waals surface area contributed by atoms with Gasteiger partial charge in [-0.2, -0.15) is 0 Å². The highest BCUT2D eigenvalue weighted by molar-refractivity contribution is 5.96. The first-order chi connectivity index (χ1) is 23.9. The number of unbranched alkanes of at least 4 members (excludes halogenated alkanes) is 2. The molecule has 6 aliphatic rings. The van der Waals surface area contributed by atoms with E-state index in [0.717, 1.165) is 43.4 Å². The van der Waals surface area contributed by atoms with Gasteiger partial charge in [-0.25, -0.2) is 0 Å². The zero-order chi connectivity index (χ0) is 33.7. The number of Topliss-reactive ketones (excluding diaryl/α,β-unsaturated/α-hetero) is 1. The molecule has 8 rings (SSSR count). The van der Waals surface area contributed by atoms with E-state index in [-0.39, 0.29) is 36.3 Å². The van der Waals surface area contributed by atoms with E-state index in [4.69, 9.17) is 20.5 Å². The summed E-state index contributed by atoms with van der Waals surface area (Å²) in [5.74, 6) is 2.12. The van der Waals surface area contributed by atoms with Crippen molar-refractivity contribution in [3.8, 4) is 11.5 Å². The van der Waals surface area contributed by atoms with E-state index in [1.807, 2.05) is 12.1 Å². The van der Waals surface area contributed by atoms with Gasteiger partial charge < -0.3 is 25.6 Å². The molecule has 6 unspecified atom stereocenters. The van der Waals surface area contributed by atoms with Crippen LogP contribution in [0.3, 0.4) is 0 Å². The van der Waals surface area contributed by atoms with Crippen molar-refractivity contribution in [3.63, 3.8) is 0 Å². The van der Waals surface area contributed by atoms with E-state index in [9.17, 15) is 15.0 Å². The number of aryl methyl sites for hydroxylation is 1. The van der Waals surface area contributed by atoms with E-state index >= 15 is 0 Å². The van der Waals surface area contributed by atoms with Crippen molar-refractivity contribution in [2.75, 3.05) is 13.3 Å². The number of aromatic hydroxyl groups is 1. The van der Waals surface area contributed by atoms with Gasteiger partial charge in [0.05, 0.1) is 11.8 Å². The zero-order valence-electron chi connectivity index (χ0n) is 28.7. The highest BCUT2D eigenvalue weighted by Crippen LogP contribution is 2.65. The Kier molecular flexibility index (Phi) is 8.73. The van der Waals surface area contributed by atoms with E-state index in [1.165, 1.54) is 59.2 Å². The van der Waals surface area contributed by atoms with Crippen LogP contribution in [-0.4, -0.2) is 52.2 Å². The van der Waals surface area contributed by atoms with Crippen molar-refractivity contribution in [1.82, 2.24) is 4.90 Å². The van der Waals surface area contributed by atoms with Crippen molar-refractivity contribution < 1.29 is 19.7 Å². The molecule has 0 saturated heterocycles. The highest BCUT2D eigenvalue weighted by Gasteiger charge is 2.59. The quantitative estimate of drug-likeness (QED) is 0.196. The van der Waals surface area contributed by atoms with Gasteiger partial charge in [0.25, 0.3) is 0 Å². The Hall–Kier alpha value is -3.75. The van der Waals surface area contributed by atoms with Gasteiger partial charge in [-0.1, -0.05) is 56.9 Å². The van der Waals surface area contributed by atoms with Gasteiger partial charge in [-0.05, 0) is 96.7 Å². The van der Waals surface area contributed by atoms with Gasteiger partial charge >= 0.3 is 0 Å². The van der Waals surface area contributed by atoms with Gasteiger partial charge in [-0.15, -0.1) is 0 Å². The third-order valence-corrected chi connectivity index (χ3v) is 12.4. The fourth-order valence-electron chi connectivity index (χ4n) is 10.3. The van der Waals surface area contributed by atoms with Crippen LogP contribution in [0.1, 0.15) is 118 Å². The number of ether oxygens (including phenoxy) is 1. The minimum atomic E-state index is -0.563. The number of nitrogens with two attached hydrogens (primary N) is 1. The highest BCUT2D eigenvalue weighted by atomic mass is 16.5. The SMILES string of the molecule is CCCCCC(O)CC(=O)CCc1ccc(O)c(OCN2C=C3N=CC(C45CCCC4C4CCCC6=NC(N)c7cccc5c7C64)=C3C2)c1. The Morgan fingerprint density at radius 2 is 2.08 bits per heavy atom. The van der Waals surface area contributed by atoms with Crippen LogP contribution >= 0.6 is 0 Å². The standard InChI is InChI=1S/C41H50N4O4/c1-2-3-4-8-26(46)20-27(47)16-14-25-15-17-36(48)37(19-25)49-24-45-22-30-33(21-43-35(30)23-45)41-18-7-12-31(41)28-9-6-13-34-39(28)38-29(40(42)44-34)10-5-11-32(38)41/h5,10-11,15,17,19,21,23,26,28,31,39-40,46,48H,2-4,6-9,12-14,16,18,20,22,24,42H2,1H3. The summed E-state index contributed by atoms with van der Waals surface area (Å²) < 4.78 is 6.20. The van der Waals surface area contributed by atoms with Crippen molar-refractivity contribution in [3.05, 3.63) is 81.7 Å². The Bertz CT molecular complexity index is 1760. The molecule has 0 radical (unpaired) electrons. The molecule has 0 spiro atoms. The lowest BCUT2D eigenvalue weighted by molar-refractivity contribution is -0.121. The molecule has 49 heavy (non-hydrogen) atoms. The summed E-state index contributed by atoms with van der Waals surface area (Å²) in [5.41, 5.74) is 16.7. The number of fused-ring (bicyclic) bond motifs is 4. The maximum absolute atomic E-state index is 12.5. The lowest BCUT2D eigenvalue weighted by Crippen LogP contribution is -2.49. The Balaban J connectivity index is 0.982. The van der Waals surface area contributed by atoms with Crippen molar-refractivity contribution >= 4 is 17.7 Å². The molecule has 3 heterocycles. The number of phenolic OH excluding ortho intramolecular Hbond substituents is 1. The van der Waals surface area contributed by atoms with Crippen LogP contribution in [0.15, 0.2) is 69.4 Å². The molecular weight excluding hydrogens is 612 g/mol. The maximum Gasteiger partial charge on any atom is 0.163 e. The van der Waals surface area contributed by atoms with E-state index < -0.39 is 6.10 Å². The molecular formula is C41H50N4O4. The number of hydrogen-bond acceptors (Lipinski definition) is 8. The Morgan fingerprint density at radius 1 is 1.18 bits per heavy atom. The monoisotopic (exact) mass is 662 g/mol. The number of rotatable bonds is 13.